The number of hydrogen-bond acceptors (Lipinski definition) is 4. The van der Waals surface area contributed by atoms with Gasteiger partial charge in [0.1, 0.15) is 5.69 Å². The van der Waals surface area contributed by atoms with Gasteiger partial charge in [0.15, 0.2) is 0 Å². The molecule has 1 aromatic heterocycles. The zero-order valence-corrected chi connectivity index (χ0v) is 12.4. The van der Waals surface area contributed by atoms with Gasteiger partial charge in [-0.2, -0.15) is 0 Å². The number of benzene rings is 1. The summed E-state index contributed by atoms with van der Waals surface area (Å²) in [6.45, 7) is 6.76. The van der Waals surface area contributed by atoms with E-state index in [4.69, 9.17) is 4.74 Å². The number of ether oxygens (including phenoxy) is 1. The molecule has 0 bridgehead atoms. The maximum Gasteiger partial charge on any atom is 0.114 e. The summed E-state index contributed by atoms with van der Waals surface area (Å²) in [6, 6.07) is 8.20. The first-order chi connectivity index (χ1) is 9.47. The molecule has 5 heteroatoms. The number of rotatable bonds is 4. The highest BCUT2D eigenvalue weighted by molar-refractivity contribution is 5.38. The molecule has 0 amide bonds. The molecule has 20 heavy (non-hydrogen) atoms. The zero-order valence-electron chi connectivity index (χ0n) is 12.4. The smallest absolute Gasteiger partial charge is 0.114 e. The second-order valence-corrected chi connectivity index (χ2v) is 5.78. The predicted molar refractivity (Wildman–Crippen MR) is 76.7 cm³/mol. The van der Waals surface area contributed by atoms with E-state index in [1.807, 2.05) is 12.1 Å². The van der Waals surface area contributed by atoms with Gasteiger partial charge < -0.3 is 9.84 Å². The minimum absolute atomic E-state index is 0.118. The van der Waals surface area contributed by atoms with Crippen molar-refractivity contribution in [2.75, 3.05) is 7.11 Å². The molecule has 1 N–H and O–H groups in total. The van der Waals surface area contributed by atoms with Gasteiger partial charge >= 0.3 is 0 Å². The van der Waals surface area contributed by atoms with Crippen LogP contribution in [0.25, 0.3) is 5.69 Å². The van der Waals surface area contributed by atoms with E-state index in [1.54, 1.807) is 11.8 Å². The van der Waals surface area contributed by atoms with Crippen molar-refractivity contribution < 1.29 is 9.84 Å². The van der Waals surface area contributed by atoms with Crippen LogP contribution in [0.15, 0.2) is 24.3 Å². The van der Waals surface area contributed by atoms with Crippen LogP contribution in [-0.4, -0.2) is 27.2 Å². The molecule has 0 aliphatic rings. The number of aliphatic hydroxyl groups is 1. The summed E-state index contributed by atoms with van der Waals surface area (Å²) in [5.74, 6) is 0. The molecule has 1 heterocycles. The lowest BCUT2D eigenvalue weighted by molar-refractivity contribution is 0.175. The molecule has 0 atom stereocenters. The maximum absolute atomic E-state index is 9.28. The molecular formula is C15H21N3O2. The van der Waals surface area contributed by atoms with E-state index in [0.29, 0.717) is 12.3 Å². The van der Waals surface area contributed by atoms with E-state index in [0.717, 1.165) is 11.4 Å². The van der Waals surface area contributed by atoms with Gasteiger partial charge in [0.25, 0.3) is 0 Å². The number of hydrogen-bond donors (Lipinski definition) is 1. The van der Waals surface area contributed by atoms with Crippen LogP contribution in [0.5, 0.6) is 0 Å². The molecule has 0 aliphatic carbocycles. The summed E-state index contributed by atoms with van der Waals surface area (Å²) < 4.78 is 6.87. The van der Waals surface area contributed by atoms with Gasteiger partial charge in [-0.1, -0.05) is 38.1 Å². The minimum atomic E-state index is -0.140. The lowest BCUT2D eigenvalue weighted by Crippen LogP contribution is -2.11. The van der Waals surface area contributed by atoms with E-state index in [-0.39, 0.29) is 12.0 Å². The van der Waals surface area contributed by atoms with Crippen LogP contribution in [0.1, 0.15) is 37.7 Å². The summed E-state index contributed by atoms with van der Waals surface area (Å²) >= 11 is 0. The zero-order chi connectivity index (χ0) is 14.8. The van der Waals surface area contributed by atoms with Crippen molar-refractivity contribution >= 4 is 0 Å². The quantitative estimate of drug-likeness (QED) is 0.929. The van der Waals surface area contributed by atoms with Gasteiger partial charge in [0.2, 0.25) is 0 Å². The third-order valence-corrected chi connectivity index (χ3v) is 3.25. The topological polar surface area (TPSA) is 60.2 Å². The van der Waals surface area contributed by atoms with E-state index in [1.165, 1.54) is 5.56 Å². The summed E-state index contributed by atoms with van der Waals surface area (Å²) in [4.78, 5) is 0. The fraction of sp³-hybridized carbons (Fsp3) is 0.467. The molecule has 0 radical (unpaired) electrons. The molecule has 2 rings (SSSR count). The predicted octanol–water partition coefficient (Wildman–Crippen LogP) is 2.20. The number of aromatic nitrogens is 3. The Balaban J connectivity index is 2.39. The second kappa shape index (κ2) is 5.73. The Kier molecular flexibility index (Phi) is 4.20. The van der Waals surface area contributed by atoms with Gasteiger partial charge in [-0.05, 0) is 23.1 Å². The monoisotopic (exact) mass is 275 g/mol. The van der Waals surface area contributed by atoms with Crippen molar-refractivity contribution in [1.29, 1.82) is 0 Å². The van der Waals surface area contributed by atoms with Crippen molar-refractivity contribution in [2.45, 2.75) is 39.4 Å². The lowest BCUT2D eigenvalue weighted by Gasteiger charge is -2.19. The Morgan fingerprint density at radius 3 is 2.35 bits per heavy atom. The average Bonchev–Trinajstić information content (AvgIpc) is 2.81. The Morgan fingerprint density at radius 1 is 1.20 bits per heavy atom. The van der Waals surface area contributed by atoms with Crippen molar-refractivity contribution in [2.24, 2.45) is 0 Å². The second-order valence-electron chi connectivity index (χ2n) is 5.78. The third-order valence-electron chi connectivity index (χ3n) is 3.25. The van der Waals surface area contributed by atoms with Crippen LogP contribution >= 0.6 is 0 Å². The number of methoxy groups -OCH3 is 1. The molecule has 0 spiro atoms. The van der Waals surface area contributed by atoms with Crippen LogP contribution < -0.4 is 0 Å². The van der Waals surface area contributed by atoms with Gasteiger partial charge in [-0.25, -0.2) is 4.68 Å². The van der Waals surface area contributed by atoms with Crippen LogP contribution in [0.2, 0.25) is 0 Å². The van der Waals surface area contributed by atoms with Crippen molar-refractivity contribution in [1.82, 2.24) is 15.0 Å². The Bertz CT molecular complexity index is 568. The molecule has 0 aliphatic heterocycles. The molecule has 0 saturated heterocycles. The number of nitrogens with zero attached hydrogens (tertiary/aromatic N) is 3. The van der Waals surface area contributed by atoms with Crippen molar-refractivity contribution in [3.8, 4) is 5.69 Å². The summed E-state index contributed by atoms with van der Waals surface area (Å²) in [7, 11) is 1.61. The molecule has 1 aromatic carbocycles. The molecule has 2 aromatic rings. The van der Waals surface area contributed by atoms with Crippen molar-refractivity contribution in [3.63, 3.8) is 0 Å². The Hall–Kier alpha value is -1.72. The van der Waals surface area contributed by atoms with E-state index < -0.39 is 0 Å². The third kappa shape index (κ3) is 2.89. The van der Waals surface area contributed by atoms with Crippen LogP contribution in [0.4, 0.5) is 0 Å². The van der Waals surface area contributed by atoms with Crippen LogP contribution in [0, 0.1) is 0 Å². The standard InChI is InChI=1S/C15H21N3O2/c1-15(2,3)11-5-7-12(8-6-11)18-14(10-20-4)13(9-19)16-17-18/h5-8,19H,9-10H2,1-4H3. The van der Waals surface area contributed by atoms with Gasteiger partial charge in [0.05, 0.1) is 24.6 Å². The highest BCUT2D eigenvalue weighted by atomic mass is 16.5. The van der Waals surface area contributed by atoms with Gasteiger partial charge in [-0.3, -0.25) is 0 Å². The fourth-order valence-electron chi connectivity index (χ4n) is 2.05. The molecule has 108 valence electrons. The van der Waals surface area contributed by atoms with E-state index in [9.17, 15) is 5.11 Å². The van der Waals surface area contributed by atoms with Crippen LogP contribution in [-0.2, 0) is 23.4 Å². The van der Waals surface area contributed by atoms with Crippen LogP contribution in [0.3, 0.4) is 0 Å². The molecular weight excluding hydrogens is 254 g/mol. The van der Waals surface area contributed by atoms with E-state index >= 15 is 0 Å². The largest absolute Gasteiger partial charge is 0.390 e. The minimum Gasteiger partial charge on any atom is -0.390 e. The summed E-state index contributed by atoms with van der Waals surface area (Å²) in [5, 5.41) is 17.4. The maximum atomic E-state index is 9.28. The Morgan fingerprint density at radius 2 is 1.85 bits per heavy atom. The summed E-state index contributed by atoms with van der Waals surface area (Å²) in [6.07, 6.45) is 0. The normalized spacial score (nSPS) is 11.8. The molecule has 0 unspecified atom stereocenters. The highest BCUT2D eigenvalue weighted by Gasteiger charge is 2.16. The Labute approximate surface area is 119 Å². The lowest BCUT2D eigenvalue weighted by atomic mass is 9.87. The fourth-order valence-corrected chi connectivity index (χ4v) is 2.05. The van der Waals surface area contributed by atoms with Crippen molar-refractivity contribution in [3.05, 3.63) is 41.2 Å². The average molecular weight is 275 g/mol. The molecule has 5 nitrogen and oxygen atoms in total. The highest BCUT2D eigenvalue weighted by Crippen LogP contribution is 2.23. The number of aliphatic hydroxyl groups excluding tert-OH is 1. The first-order valence-corrected chi connectivity index (χ1v) is 6.61. The first-order valence-electron chi connectivity index (χ1n) is 6.61. The first kappa shape index (κ1) is 14.7. The van der Waals surface area contributed by atoms with Gasteiger partial charge in [0, 0.05) is 7.11 Å². The van der Waals surface area contributed by atoms with Gasteiger partial charge in [-0.15, -0.1) is 5.10 Å². The summed E-state index contributed by atoms with van der Waals surface area (Å²) in [5.41, 5.74) is 3.62. The molecule has 0 fully saturated rings. The molecule has 0 saturated carbocycles. The van der Waals surface area contributed by atoms with E-state index in [2.05, 4.69) is 43.2 Å². The SMILES string of the molecule is COCc1c(CO)nnn1-c1ccc(C(C)(C)C)cc1.